The highest BCUT2D eigenvalue weighted by atomic mass is 79.9. The van der Waals surface area contributed by atoms with Gasteiger partial charge in [0.15, 0.2) is 11.5 Å². The molecule has 2 aromatic carbocycles. The lowest BCUT2D eigenvalue weighted by atomic mass is 10.2. The average Bonchev–Trinajstić information content (AvgIpc) is 2.50. The third-order valence-corrected chi connectivity index (χ3v) is 3.75. The molecule has 1 aliphatic rings. The molecule has 0 radical (unpaired) electrons. The number of carbonyl (C=O) groups excluding carboxylic acids is 1. The van der Waals surface area contributed by atoms with E-state index in [1.165, 1.54) is 0 Å². The summed E-state index contributed by atoms with van der Waals surface area (Å²) in [6.07, 6.45) is 0. The first-order valence-corrected chi connectivity index (χ1v) is 7.19. The van der Waals surface area contributed by atoms with E-state index in [1.807, 2.05) is 0 Å². The summed E-state index contributed by atoms with van der Waals surface area (Å²) >= 11 is 3.31. The van der Waals surface area contributed by atoms with Gasteiger partial charge in [0.1, 0.15) is 13.2 Å². The molecule has 1 heterocycles. The smallest absolute Gasteiger partial charge is 0.255 e. The Hall–Kier alpha value is -2.21. The molecule has 1 aliphatic heterocycles. The van der Waals surface area contributed by atoms with E-state index in [1.54, 1.807) is 36.4 Å². The van der Waals surface area contributed by atoms with Crippen molar-refractivity contribution in [3.63, 3.8) is 0 Å². The van der Waals surface area contributed by atoms with Gasteiger partial charge in [0.05, 0.1) is 0 Å². The first-order chi connectivity index (χ1) is 10.1. The summed E-state index contributed by atoms with van der Waals surface area (Å²) in [5.41, 5.74) is 7.47. The maximum absolute atomic E-state index is 12.2. The van der Waals surface area contributed by atoms with E-state index in [-0.39, 0.29) is 5.91 Å². The zero-order valence-electron chi connectivity index (χ0n) is 11.1. The predicted molar refractivity (Wildman–Crippen MR) is 83.9 cm³/mol. The second-order valence-electron chi connectivity index (χ2n) is 4.55. The lowest BCUT2D eigenvalue weighted by Crippen LogP contribution is -2.16. The van der Waals surface area contributed by atoms with Crippen molar-refractivity contribution >= 4 is 33.2 Å². The van der Waals surface area contributed by atoms with Crippen LogP contribution in [0.3, 0.4) is 0 Å². The Morgan fingerprint density at radius 1 is 1.10 bits per heavy atom. The number of anilines is 2. The molecule has 3 rings (SSSR count). The fourth-order valence-corrected chi connectivity index (χ4v) is 2.37. The summed E-state index contributed by atoms with van der Waals surface area (Å²) in [6, 6.07) is 10.3. The number of rotatable bonds is 2. The SMILES string of the molecule is Nc1ccc(C(=O)Nc2ccc3c(c2)OCCO3)cc1Br. The summed E-state index contributed by atoms with van der Waals surface area (Å²) in [5.74, 6) is 1.11. The molecule has 3 N–H and O–H groups in total. The molecule has 2 aromatic rings. The monoisotopic (exact) mass is 348 g/mol. The number of nitrogens with one attached hydrogen (secondary N) is 1. The molecule has 0 saturated carbocycles. The number of benzene rings is 2. The maximum atomic E-state index is 12.2. The van der Waals surface area contributed by atoms with Gasteiger partial charge in [0, 0.05) is 27.5 Å². The van der Waals surface area contributed by atoms with Gasteiger partial charge < -0.3 is 20.5 Å². The molecular weight excluding hydrogens is 336 g/mol. The van der Waals surface area contributed by atoms with Crippen LogP contribution in [0, 0.1) is 0 Å². The topological polar surface area (TPSA) is 73.6 Å². The molecule has 0 aliphatic carbocycles. The van der Waals surface area contributed by atoms with Gasteiger partial charge in [-0.3, -0.25) is 4.79 Å². The molecule has 6 heteroatoms. The fraction of sp³-hybridized carbons (Fsp3) is 0.133. The van der Waals surface area contributed by atoms with Crippen LogP contribution in [0.25, 0.3) is 0 Å². The number of halogens is 1. The predicted octanol–water partition coefficient (Wildman–Crippen LogP) is 3.05. The van der Waals surface area contributed by atoms with E-state index in [2.05, 4.69) is 21.2 Å². The fourth-order valence-electron chi connectivity index (χ4n) is 1.99. The minimum atomic E-state index is -0.215. The molecule has 0 fully saturated rings. The Labute approximate surface area is 130 Å². The van der Waals surface area contributed by atoms with E-state index in [4.69, 9.17) is 15.2 Å². The van der Waals surface area contributed by atoms with Crippen molar-refractivity contribution in [3.05, 3.63) is 46.4 Å². The lowest BCUT2D eigenvalue weighted by molar-refractivity contribution is 0.102. The van der Waals surface area contributed by atoms with E-state index in [0.29, 0.717) is 46.1 Å². The van der Waals surface area contributed by atoms with Gasteiger partial charge >= 0.3 is 0 Å². The van der Waals surface area contributed by atoms with Gasteiger partial charge in [0.25, 0.3) is 5.91 Å². The number of hydrogen-bond acceptors (Lipinski definition) is 4. The highest BCUT2D eigenvalue weighted by Crippen LogP contribution is 2.32. The summed E-state index contributed by atoms with van der Waals surface area (Å²) in [4.78, 5) is 12.2. The van der Waals surface area contributed by atoms with Crippen LogP contribution >= 0.6 is 15.9 Å². The second kappa shape index (κ2) is 5.65. The quantitative estimate of drug-likeness (QED) is 0.818. The number of nitrogen functional groups attached to an aromatic ring is 1. The second-order valence-corrected chi connectivity index (χ2v) is 5.40. The molecular formula is C15H13BrN2O3. The van der Waals surface area contributed by atoms with Crippen LogP contribution in [0.4, 0.5) is 11.4 Å². The van der Waals surface area contributed by atoms with Crippen molar-refractivity contribution in [2.75, 3.05) is 24.3 Å². The van der Waals surface area contributed by atoms with Crippen LogP contribution in [0.2, 0.25) is 0 Å². The molecule has 0 aromatic heterocycles. The maximum Gasteiger partial charge on any atom is 0.255 e. The Morgan fingerprint density at radius 2 is 1.86 bits per heavy atom. The van der Waals surface area contributed by atoms with Gasteiger partial charge in [-0.05, 0) is 46.3 Å². The minimum absolute atomic E-state index is 0.215. The van der Waals surface area contributed by atoms with Crippen molar-refractivity contribution in [2.45, 2.75) is 0 Å². The normalized spacial score (nSPS) is 12.8. The Morgan fingerprint density at radius 3 is 2.62 bits per heavy atom. The van der Waals surface area contributed by atoms with Crippen molar-refractivity contribution < 1.29 is 14.3 Å². The van der Waals surface area contributed by atoms with E-state index >= 15 is 0 Å². The van der Waals surface area contributed by atoms with Gasteiger partial charge in [-0.2, -0.15) is 0 Å². The summed E-state index contributed by atoms with van der Waals surface area (Å²) < 4.78 is 11.6. The van der Waals surface area contributed by atoms with E-state index in [9.17, 15) is 4.79 Å². The lowest BCUT2D eigenvalue weighted by Gasteiger charge is -2.19. The first kappa shape index (κ1) is 13.8. The summed E-state index contributed by atoms with van der Waals surface area (Å²) in [7, 11) is 0. The van der Waals surface area contributed by atoms with Crippen LogP contribution in [0.1, 0.15) is 10.4 Å². The molecule has 21 heavy (non-hydrogen) atoms. The third-order valence-electron chi connectivity index (χ3n) is 3.06. The third kappa shape index (κ3) is 2.95. The number of amides is 1. The number of carbonyl (C=O) groups is 1. The van der Waals surface area contributed by atoms with Gasteiger partial charge in [-0.1, -0.05) is 0 Å². The molecule has 0 atom stereocenters. The molecule has 108 valence electrons. The van der Waals surface area contributed by atoms with Crippen LogP contribution in [0.15, 0.2) is 40.9 Å². The number of fused-ring (bicyclic) bond motifs is 1. The van der Waals surface area contributed by atoms with Gasteiger partial charge in [-0.25, -0.2) is 0 Å². The largest absolute Gasteiger partial charge is 0.486 e. The Bertz CT molecular complexity index is 703. The van der Waals surface area contributed by atoms with Gasteiger partial charge in [-0.15, -0.1) is 0 Å². The van der Waals surface area contributed by atoms with E-state index in [0.717, 1.165) is 0 Å². The Kier molecular flexibility index (Phi) is 3.70. The molecule has 0 bridgehead atoms. The molecule has 1 amide bonds. The number of ether oxygens (including phenoxy) is 2. The van der Waals surface area contributed by atoms with E-state index < -0.39 is 0 Å². The van der Waals surface area contributed by atoms with Crippen LogP contribution in [-0.4, -0.2) is 19.1 Å². The van der Waals surface area contributed by atoms with Crippen LogP contribution in [-0.2, 0) is 0 Å². The summed E-state index contributed by atoms with van der Waals surface area (Å²) in [6.45, 7) is 1.05. The number of hydrogen-bond donors (Lipinski definition) is 2. The number of nitrogens with two attached hydrogens (primary N) is 1. The van der Waals surface area contributed by atoms with Crippen LogP contribution < -0.4 is 20.5 Å². The Balaban J connectivity index is 1.79. The molecule has 0 spiro atoms. The zero-order valence-corrected chi connectivity index (χ0v) is 12.6. The van der Waals surface area contributed by atoms with Crippen LogP contribution in [0.5, 0.6) is 11.5 Å². The van der Waals surface area contributed by atoms with Gasteiger partial charge in [0.2, 0.25) is 0 Å². The molecule has 5 nitrogen and oxygen atoms in total. The highest BCUT2D eigenvalue weighted by Gasteiger charge is 2.13. The first-order valence-electron chi connectivity index (χ1n) is 6.39. The molecule has 0 saturated heterocycles. The summed E-state index contributed by atoms with van der Waals surface area (Å²) in [5, 5.41) is 2.82. The minimum Gasteiger partial charge on any atom is -0.486 e. The van der Waals surface area contributed by atoms with Crippen molar-refractivity contribution in [1.29, 1.82) is 0 Å². The van der Waals surface area contributed by atoms with Crippen molar-refractivity contribution in [3.8, 4) is 11.5 Å². The van der Waals surface area contributed by atoms with Crippen molar-refractivity contribution in [2.24, 2.45) is 0 Å². The average molecular weight is 349 g/mol. The van der Waals surface area contributed by atoms with Crippen molar-refractivity contribution in [1.82, 2.24) is 0 Å². The standard InChI is InChI=1S/C15H13BrN2O3/c16-11-7-9(1-3-12(11)17)15(19)18-10-2-4-13-14(8-10)21-6-5-20-13/h1-4,7-8H,5-6,17H2,(H,18,19). The highest BCUT2D eigenvalue weighted by molar-refractivity contribution is 9.10. The molecule has 0 unspecified atom stereocenters. The zero-order chi connectivity index (χ0) is 14.8.